The van der Waals surface area contributed by atoms with Crippen LogP contribution in [0.15, 0.2) is 65.1 Å². The molecule has 0 saturated carbocycles. The molecular formula is C21H14I2N2O2. The topological polar surface area (TPSA) is 55.1 Å². The molecule has 0 aliphatic heterocycles. The van der Waals surface area contributed by atoms with Crippen LogP contribution in [0.5, 0.6) is 0 Å². The second kappa shape index (κ2) is 7.59. The van der Waals surface area contributed by atoms with Crippen LogP contribution in [0.3, 0.4) is 0 Å². The molecule has 0 saturated heterocycles. The van der Waals surface area contributed by atoms with E-state index >= 15 is 0 Å². The quantitative estimate of drug-likeness (QED) is 0.291. The first-order valence-electron chi connectivity index (χ1n) is 8.23. The number of aromatic nitrogens is 1. The first-order chi connectivity index (χ1) is 13.0. The SMILES string of the molecule is Cc1ccc2oc(-c3ccc(NC(=O)c4cc(I)ccc4I)cc3)nc2c1. The third-order valence-corrected chi connectivity index (χ3v) is 5.72. The molecule has 3 aromatic carbocycles. The molecule has 0 unspecified atom stereocenters. The van der Waals surface area contributed by atoms with Crippen LogP contribution in [0, 0.1) is 14.1 Å². The lowest BCUT2D eigenvalue weighted by molar-refractivity contribution is 0.102. The molecule has 4 nitrogen and oxygen atoms in total. The summed E-state index contributed by atoms with van der Waals surface area (Å²) in [5.74, 6) is 0.448. The van der Waals surface area contributed by atoms with Crippen LogP contribution in [0.2, 0.25) is 0 Å². The van der Waals surface area contributed by atoms with Crippen molar-refractivity contribution in [3.05, 3.63) is 78.9 Å². The molecule has 0 radical (unpaired) electrons. The van der Waals surface area contributed by atoms with Gasteiger partial charge in [-0.25, -0.2) is 4.98 Å². The molecule has 0 atom stereocenters. The highest BCUT2D eigenvalue weighted by Crippen LogP contribution is 2.26. The minimum atomic E-state index is -0.122. The van der Waals surface area contributed by atoms with Crippen molar-refractivity contribution in [2.75, 3.05) is 5.32 Å². The van der Waals surface area contributed by atoms with E-state index in [1.54, 1.807) is 0 Å². The second-order valence-corrected chi connectivity index (χ2v) is 8.55. The second-order valence-electron chi connectivity index (χ2n) is 6.15. The minimum absolute atomic E-state index is 0.122. The van der Waals surface area contributed by atoms with Crippen LogP contribution < -0.4 is 5.32 Å². The first-order valence-corrected chi connectivity index (χ1v) is 10.4. The highest BCUT2D eigenvalue weighted by Gasteiger charge is 2.12. The predicted octanol–water partition coefficient (Wildman–Crippen LogP) is 6.26. The van der Waals surface area contributed by atoms with Crippen molar-refractivity contribution in [1.82, 2.24) is 4.98 Å². The van der Waals surface area contributed by atoms with E-state index in [2.05, 4.69) is 55.5 Å². The Labute approximate surface area is 183 Å². The molecule has 4 rings (SSSR count). The number of hydrogen-bond acceptors (Lipinski definition) is 3. The average Bonchev–Trinajstić information content (AvgIpc) is 3.07. The number of carbonyl (C=O) groups is 1. The van der Waals surface area contributed by atoms with Crippen LogP contribution in [-0.4, -0.2) is 10.9 Å². The third kappa shape index (κ3) is 4.01. The molecule has 1 heterocycles. The molecule has 6 heteroatoms. The number of nitrogens with one attached hydrogen (secondary N) is 1. The third-order valence-electron chi connectivity index (χ3n) is 4.11. The van der Waals surface area contributed by atoms with Crippen LogP contribution in [0.1, 0.15) is 15.9 Å². The Morgan fingerprint density at radius 3 is 2.56 bits per heavy atom. The summed E-state index contributed by atoms with van der Waals surface area (Å²) in [6.45, 7) is 2.03. The van der Waals surface area contributed by atoms with Gasteiger partial charge >= 0.3 is 0 Å². The number of carbonyl (C=O) groups excluding carboxylic acids is 1. The summed E-state index contributed by atoms with van der Waals surface area (Å²) in [6.07, 6.45) is 0. The maximum atomic E-state index is 12.5. The van der Waals surface area contributed by atoms with E-state index in [9.17, 15) is 4.79 Å². The summed E-state index contributed by atoms with van der Waals surface area (Å²) >= 11 is 4.38. The van der Waals surface area contributed by atoms with E-state index in [0.29, 0.717) is 11.5 Å². The van der Waals surface area contributed by atoms with Gasteiger partial charge in [0.2, 0.25) is 5.89 Å². The van der Waals surface area contributed by atoms with Gasteiger partial charge in [0.1, 0.15) is 5.52 Å². The lowest BCUT2D eigenvalue weighted by atomic mass is 10.2. The maximum Gasteiger partial charge on any atom is 0.256 e. The number of amides is 1. The van der Waals surface area contributed by atoms with Crippen LogP contribution in [0.25, 0.3) is 22.6 Å². The van der Waals surface area contributed by atoms with Crippen molar-refractivity contribution in [3.63, 3.8) is 0 Å². The van der Waals surface area contributed by atoms with Crippen LogP contribution in [-0.2, 0) is 0 Å². The predicted molar refractivity (Wildman–Crippen MR) is 124 cm³/mol. The average molecular weight is 580 g/mol. The Hall–Kier alpha value is -1.94. The van der Waals surface area contributed by atoms with Crippen molar-refractivity contribution in [1.29, 1.82) is 0 Å². The molecule has 1 aromatic heterocycles. The van der Waals surface area contributed by atoms with Gasteiger partial charge in [0.15, 0.2) is 5.58 Å². The van der Waals surface area contributed by atoms with Crippen molar-refractivity contribution in [3.8, 4) is 11.5 Å². The molecule has 134 valence electrons. The summed E-state index contributed by atoms with van der Waals surface area (Å²) in [6, 6.07) is 19.2. The number of benzene rings is 3. The van der Waals surface area contributed by atoms with Gasteiger partial charge in [-0.2, -0.15) is 0 Å². The number of oxazole rings is 1. The molecule has 0 aliphatic rings. The number of nitrogens with zero attached hydrogens (tertiary/aromatic N) is 1. The van der Waals surface area contributed by atoms with E-state index < -0.39 is 0 Å². The van der Waals surface area contributed by atoms with E-state index in [0.717, 1.165) is 35.1 Å². The number of hydrogen-bond donors (Lipinski definition) is 1. The van der Waals surface area contributed by atoms with E-state index in [4.69, 9.17) is 4.42 Å². The maximum absolute atomic E-state index is 12.5. The number of rotatable bonds is 3. The number of halogens is 2. The molecule has 0 aliphatic carbocycles. The van der Waals surface area contributed by atoms with Crippen molar-refractivity contribution >= 4 is 67.9 Å². The largest absolute Gasteiger partial charge is 0.436 e. The Bertz CT molecular complexity index is 1150. The Kier molecular flexibility index (Phi) is 5.18. The summed E-state index contributed by atoms with van der Waals surface area (Å²) in [5.41, 5.74) is 5.01. The molecule has 1 amide bonds. The van der Waals surface area contributed by atoms with Gasteiger partial charge in [0.25, 0.3) is 5.91 Å². The number of fused-ring (bicyclic) bond motifs is 1. The minimum Gasteiger partial charge on any atom is -0.436 e. The van der Waals surface area contributed by atoms with E-state index in [-0.39, 0.29) is 5.91 Å². The molecule has 1 N–H and O–H groups in total. The van der Waals surface area contributed by atoms with Gasteiger partial charge < -0.3 is 9.73 Å². The molecular weight excluding hydrogens is 566 g/mol. The Balaban J connectivity index is 1.56. The highest BCUT2D eigenvalue weighted by atomic mass is 127. The lowest BCUT2D eigenvalue weighted by Crippen LogP contribution is -2.13. The Morgan fingerprint density at radius 2 is 1.78 bits per heavy atom. The van der Waals surface area contributed by atoms with Gasteiger partial charge in [0, 0.05) is 18.4 Å². The Morgan fingerprint density at radius 1 is 1.00 bits per heavy atom. The van der Waals surface area contributed by atoms with Crippen LogP contribution in [0.4, 0.5) is 5.69 Å². The smallest absolute Gasteiger partial charge is 0.256 e. The van der Waals surface area contributed by atoms with Crippen molar-refractivity contribution < 1.29 is 9.21 Å². The standard InChI is InChI=1S/C21H14I2N2O2/c1-12-2-9-19-18(10-12)25-21(27-19)13-3-6-15(7-4-13)24-20(26)16-11-14(22)5-8-17(16)23/h2-11H,1H3,(H,24,26). The first kappa shape index (κ1) is 18.4. The van der Waals surface area contributed by atoms with E-state index in [1.807, 2.05) is 67.6 Å². The van der Waals surface area contributed by atoms with Gasteiger partial charge in [0.05, 0.1) is 5.56 Å². The zero-order valence-corrected chi connectivity index (χ0v) is 18.6. The summed E-state index contributed by atoms with van der Waals surface area (Å²) in [5, 5.41) is 2.94. The van der Waals surface area contributed by atoms with Gasteiger partial charge in [-0.05, 0) is 112 Å². The van der Waals surface area contributed by atoms with Gasteiger partial charge in [-0.15, -0.1) is 0 Å². The van der Waals surface area contributed by atoms with Crippen molar-refractivity contribution in [2.45, 2.75) is 6.92 Å². The molecule has 27 heavy (non-hydrogen) atoms. The zero-order valence-electron chi connectivity index (χ0n) is 14.3. The molecule has 0 fully saturated rings. The summed E-state index contributed by atoms with van der Waals surface area (Å²) in [4.78, 5) is 17.1. The summed E-state index contributed by atoms with van der Waals surface area (Å²) in [7, 11) is 0. The fourth-order valence-corrected chi connectivity index (χ4v) is 3.80. The van der Waals surface area contributed by atoms with Crippen LogP contribution >= 0.6 is 45.2 Å². The summed E-state index contributed by atoms with van der Waals surface area (Å²) < 4.78 is 7.78. The number of aryl methyl sites for hydroxylation is 1. The van der Waals surface area contributed by atoms with E-state index in [1.165, 1.54) is 0 Å². The molecule has 0 bridgehead atoms. The van der Waals surface area contributed by atoms with Gasteiger partial charge in [-0.3, -0.25) is 4.79 Å². The van der Waals surface area contributed by atoms with Gasteiger partial charge in [-0.1, -0.05) is 6.07 Å². The fraction of sp³-hybridized carbons (Fsp3) is 0.0476. The monoisotopic (exact) mass is 580 g/mol. The fourth-order valence-electron chi connectivity index (χ4n) is 2.73. The lowest BCUT2D eigenvalue weighted by Gasteiger charge is -2.08. The molecule has 4 aromatic rings. The molecule has 0 spiro atoms. The zero-order chi connectivity index (χ0) is 19.0. The highest BCUT2D eigenvalue weighted by molar-refractivity contribution is 14.1. The number of anilines is 1. The normalized spacial score (nSPS) is 10.9. The van der Waals surface area contributed by atoms with Crippen molar-refractivity contribution in [2.24, 2.45) is 0 Å².